The lowest BCUT2D eigenvalue weighted by atomic mass is 10.1. The van der Waals surface area contributed by atoms with Crippen molar-refractivity contribution in [3.63, 3.8) is 0 Å². The molecule has 0 atom stereocenters. The molecule has 0 amide bonds. The Morgan fingerprint density at radius 3 is 2.09 bits per heavy atom. The lowest BCUT2D eigenvalue weighted by Gasteiger charge is -2.38. The predicted molar refractivity (Wildman–Crippen MR) is 39.8 cm³/mol. The number of rotatable bonds is 2. The molecule has 1 aliphatic heterocycles. The molecular formula is C7H15F2NO. The van der Waals surface area contributed by atoms with Crippen LogP contribution >= 0.6 is 0 Å². The van der Waals surface area contributed by atoms with Gasteiger partial charge in [-0.1, -0.05) is 13.8 Å². The highest BCUT2D eigenvalue weighted by atomic mass is 19.3. The predicted octanol–water partition coefficient (Wildman–Crippen LogP) is 0.956. The van der Waals surface area contributed by atoms with Crippen molar-refractivity contribution in [1.82, 2.24) is 4.90 Å². The number of nitrogens with zero attached hydrogens (tertiary/aromatic N) is 1. The summed E-state index contributed by atoms with van der Waals surface area (Å²) in [4.78, 5) is 1.51. The van der Waals surface area contributed by atoms with Crippen molar-refractivity contribution in [2.24, 2.45) is 0 Å². The van der Waals surface area contributed by atoms with E-state index in [4.69, 9.17) is 5.11 Å². The maximum absolute atomic E-state index is 12.0. The maximum atomic E-state index is 12.0. The van der Waals surface area contributed by atoms with Gasteiger partial charge in [0.05, 0.1) is 19.7 Å². The average Bonchev–Trinajstić information content (AvgIpc) is 1.89. The number of halogens is 2. The summed E-state index contributed by atoms with van der Waals surface area (Å²) in [6.45, 7) is 3.97. The van der Waals surface area contributed by atoms with Crippen LogP contribution in [-0.2, 0) is 0 Å². The summed E-state index contributed by atoms with van der Waals surface area (Å²) in [7, 11) is 0. The zero-order valence-electron chi connectivity index (χ0n) is 6.98. The van der Waals surface area contributed by atoms with Crippen LogP contribution in [0.2, 0.25) is 0 Å². The monoisotopic (exact) mass is 167 g/mol. The molecule has 0 unspecified atom stereocenters. The van der Waals surface area contributed by atoms with Crippen LogP contribution in [0.4, 0.5) is 8.78 Å². The fourth-order valence-corrected chi connectivity index (χ4v) is 0.908. The van der Waals surface area contributed by atoms with Gasteiger partial charge < -0.3 is 5.11 Å². The van der Waals surface area contributed by atoms with Crippen LogP contribution in [0, 0.1) is 0 Å². The Kier molecular flexibility index (Phi) is 4.52. The molecule has 1 N–H and O–H groups in total. The van der Waals surface area contributed by atoms with E-state index in [1.165, 1.54) is 4.90 Å². The second-order valence-electron chi connectivity index (χ2n) is 2.29. The molecule has 4 heteroatoms. The molecule has 1 fully saturated rings. The summed E-state index contributed by atoms with van der Waals surface area (Å²) in [5.41, 5.74) is 0. The van der Waals surface area contributed by atoms with Gasteiger partial charge >= 0.3 is 0 Å². The Morgan fingerprint density at radius 1 is 1.36 bits per heavy atom. The fraction of sp³-hybridized carbons (Fsp3) is 1.00. The number of β-amino-alcohol motifs (C(OH)–C–C–N with tert-alkyl or cyclic N) is 1. The highest BCUT2D eigenvalue weighted by Crippen LogP contribution is 2.25. The van der Waals surface area contributed by atoms with E-state index in [0.29, 0.717) is 6.54 Å². The molecule has 0 aliphatic carbocycles. The smallest absolute Gasteiger partial charge is 0.272 e. The summed E-state index contributed by atoms with van der Waals surface area (Å²) in [6, 6.07) is 0. The van der Waals surface area contributed by atoms with Crippen LogP contribution in [0.3, 0.4) is 0 Å². The first-order valence-corrected chi connectivity index (χ1v) is 3.85. The Balaban J connectivity index is 0.000000461. The quantitative estimate of drug-likeness (QED) is 0.662. The second kappa shape index (κ2) is 4.62. The summed E-state index contributed by atoms with van der Waals surface area (Å²) >= 11 is 0. The Morgan fingerprint density at radius 2 is 1.82 bits per heavy atom. The lowest BCUT2D eigenvalue weighted by Crippen LogP contribution is -2.56. The number of aliphatic hydroxyl groups is 1. The van der Waals surface area contributed by atoms with Crippen molar-refractivity contribution in [2.75, 3.05) is 26.2 Å². The molecule has 0 aromatic carbocycles. The Labute approximate surface area is 65.8 Å². The van der Waals surface area contributed by atoms with Gasteiger partial charge in [-0.05, 0) is 0 Å². The van der Waals surface area contributed by atoms with Crippen LogP contribution in [-0.4, -0.2) is 42.2 Å². The topological polar surface area (TPSA) is 23.5 Å². The maximum Gasteiger partial charge on any atom is 0.272 e. The van der Waals surface area contributed by atoms with Crippen molar-refractivity contribution < 1.29 is 13.9 Å². The molecule has 11 heavy (non-hydrogen) atoms. The van der Waals surface area contributed by atoms with E-state index < -0.39 is 5.92 Å². The molecule has 1 saturated heterocycles. The molecule has 0 radical (unpaired) electrons. The largest absolute Gasteiger partial charge is 0.395 e. The van der Waals surface area contributed by atoms with E-state index in [2.05, 4.69) is 0 Å². The van der Waals surface area contributed by atoms with Gasteiger partial charge in [0.2, 0.25) is 0 Å². The summed E-state index contributed by atoms with van der Waals surface area (Å²) in [5.74, 6) is -2.49. The van der Waals surface area contributed by atoms with Gasteiger partial charge in [-0.15, -0.1) is 0 Å². The fourth-order valence-electron chi connectivity index (χ4n) is 0.908. The average molecular weight is 167 g/mol. The summed E-state index contributed by atoms with van der Waals surface area (Å²) < 4.78 is 24.0. The van der Waals surface area contributed by atoms with Crippen LogP contribution < -0.4 is 0 Å². The SMILES string of the molecule is CC.OCCN1CC(F)(F)C1. The zero-order valence-corrected chi connectivity index (χ0v) is 6.98. The van der Waals surface area contributed by atoms with E-state index in [9.17, 15) is 8.78 Å². The first-order chi connectivity index (χ1) is 5.14. The minimum atomic E-state index is -2.49. The third-order valence-electron chi connectivity index (χ3n) is 1.33. The minimum Gasteiger partial charge on any atom is -0.395 e. The van der Waals surface area contributed by atoms with Crippen molar-refractivity contribution in [3.05, 3.63) is 0 Å². The third-order valence-corrected chi connectivity index (χ3v) is 1.33. The Bertz CT molecular complexity index is 101. The van der Waals surface area contributed by atoms with Crippen LogP contribution in [0.15, 0.2) is 0 Å². The first kappa shape index (κ1) is 10.8. The van der Waals surface area contributed by atoms with Gasteiger partial charge in [0.1, 0.15) is 0 Å². The number of aliphatic hydroxyl groups excluding tert-OH is 1. The van der Waals surface area contributed by atoms with Gasteiger partial charge in [-0.25, -0.2) is 8.78 Å². The first-order valence-electron chi connectivity index (χ1n) is 3.85. The van der Waals surface area contributed by atoms with Gasteiger partial charge in [-0.2, -0.15) is 0 Å². The van der Waals surface area contributed by atoms with Crippen LogP contribution in [0.5, 0.6) is 0 Å². The molecule has 2 nitrogen and oxygen atoms in total. The van der Waals surface area contributed by atoms with Gasteiger partial charge in [0, 0.05) is 6.54 Å². The molecule has 0 saturated carbocycles. The number of hydrogen-bond donors (Lipinski definition) is 1. The highest BCUT2D eigenvalue weighted by molar-refractivity contribution is 4.86. The normalized spacial score (nSPS) is 21.5. The van der Waals surface area contributed by atoms with E-state index in [-0.39, 0.29) is 19.7 Å². The summed E-state index contributed by atoms with van der Waals surface area (Å²) in [5, 5.41) is 8.29. The molecule has 0 aromatic heterocycles. The van der Waals surface area contributed by atoms with E-state index in [1.54, 1.807) is 0 Å². The van der Waals surface area contributed by atoms with Crippen LogP contribution in [0.25, 0.3) is 0 Å². The molecule has 1 rings (SSSR count). The summed E-state index contributed by atoms with van der Waals surface area (Å²) in [6.07, 6.45) is 0. The van der Waals surface area contributed by atoms with Crippen molar-refractivity contribution in [1.29, 1.82) is 0 Å². The van der Waals surface area contributed by atoms with Crippen LogP contribution in [0.1, 0.15) is 13.8 Å². The molecule has 0 aromatic rings. The molecule has 68 valence electrons. The van der Waals surface area contributed by atoms with Crippen molar-refractivity contribution >= 4 is 0 Å². The van der Waals surface area contributed by atoms with Crippen molar-refractivity contribution in [2.45, 2.75) is 19.8 Å². The third kappa shape index (κ3) is 3.62. The van der Waals surface area contributed by atoms with Gasteiger partial charge in [0.25, 0.3) is 5.92 Å². The Hall–Kier alpha value is -0.220. The van der Waals surface area contributed by atoms with E-state index in [0.717, 1.165) is 0 Å². The number of hydrogen-bond acceptors (Lipinski definition) is 2. The molecule has 1 aliphatic rings. The number of alkyl halides is 2. The van der Waals surface area contributed by atoms with Gasteiger partial charge in [-0.3, -0.25) is 4.90 Å². The van der Waals surface area contributed by atoms with E-state index in [1.807, 2.05) is 13.8 Å². The van der Waals surface area contributed by atoms with E-state index >= 15 is 0 Å². The molecule has 0 bridgehead atoms. The molecular weight excluding hydrogens is 152 g/mol. The second-order valence-corrected chi connectivity index (χ2v) is 2.29. The molecule has 0 spiro atoms. The highest BCUT2D eigenvalue weighted by Gasteiger charge is 2.42. The van der Waals surface area contributed by atoms with Gasteiger partial charge in [0.15, 0.2) is 0 Å². The van der Waals surface area contributed by atoms with Crippen molar-refractivity contribution in [3.8, 4) is 0 Å². The standard InChI is InChI=1S/C5H9F2NO.C2H6/c6-5(7)3-8(4-5)1-2-9;1-2/h9H,1-4H2;1-2H3. The lowest BCUT2D eigenvalue weighted by molar-refractivity contribution is -0.132. The number of likely N-dealkylation sites (tertiary alicyclic amines) is 1. The zero-order chi connectivity index (χ0) is 8.91. The minimum absolute atomic E-state index is 0.0317. The molecule has 1 heterocycles.